The predicted molar refractivity (Wildman–Crippen MR) is 101 cm³/mol. The number of carbonyl (C=O) groups is 1. The SMILES string of the molecule is O=C(NC1CCCc2c1[nH]c1ccc(F)cc21)C1(n2cnnn2)CCCCC1. The van der Waals surface area contributed by atoms with Crippen LogP contribution in [-0.4, -0.2) is 31.1 Å². The van der Waals surface area contributed by atoms with Gasteiger partial charge in [-0.3, -0.25) is 4.79 Å². The summed E-state index contributed by atoms with van der Waals surface area (Å²) in [7, 11) is 0. The van der Waals surface area contributed by atoms with Crippen LogP contribution in [0.1, 0.15) is 62.2 Å². The molecule has 28 heavy (non-hydrogen) atoms. The van der Waals surface area contributed by atoms with Crippen LogP contribution in [0.4, 0.5) is 4.39 Å². The zero-order chi connectivity index (χ0) is 19.1. The molecule has 0 bridgehead atoms. The quantitative estimate of drug-likeness (QED) is 0.728. The van der Waals surface area contributed by atoms with Gasteiger partial charge in [0.15, 0.2) is 0 Å². The third-order valence-corrected chi connectivity index (χ3v) is 6.37. The Bertz CT molecular complexity index is 1010. The fraction of sp³-hybridized carbons (Fsp3) is 0.500. The lowest BCUT2D eigenvalue weighted by Crippen LogP contribution is -2.51. The van der Waals surface area contributed by atoms with Crippen LogP contribution in [0.15, 0.2) is 24.5 Å². The molecule has 3 aromatic rings. The van der Waals surface area contributed by atoms with E-state index in [1.807, 2.05) is 0 Å². The van der Waals surface area contributed by atoms with Gasteiger partial charge in [-0.2, -0.15) is 0 Å². The van der Waals surface area contributed by atoms with Gasteiger partial charge in [0.1, 0.15) is 17.7 Å². The number of hydrogen-bond acceptors (Lipinski definition) is 4. The highest BCUT2D eigenvalue weighted by molar-refractivity contribution is 5.87. The van der Waals surface area contributed by atoms with Crippen molar-refractivity contribution in [3.05, 3.63) is 41.6 Å². The van der Waals surface area contributed by atoms with Gasteiger partial charge in [-0.05, 0) is 66.3 Å². The predicted octanol–water partition coefficient (Wildman–Crippen LogP) is 3.15. The minimum Gasteiger partial charge on any atom is -0.356 e. The average molecular weight is 382 g/mol. The summed E-state index contributed by atoms with van der Waals surface area (Å²) in [6, 6.07) is 4.71. The molecule has 1 unspecified atom stereocenters. The number of halogens is 1. The van der Waals surface area contributed by atoms with Crippen molar-refractivity contribution in [2.24, 2.45) is 0 Å². The van der Waals surface area contributed by atoms with E-state index in [1.54, 1.807) is 23.1 Å². The van der Waals surface area contributed by atoms with E-state index in [0.717, 1.165) is 73.5 Å². The van der Waals surface area contributed by atoms with Crippen molar-refractivity contribution in [1.29, 1.82) is 0 Å². The lowest BCUT2D eigenvalue weighted by Gasteiger charge is -2.37. The number of amides is 1. The topological polar surface area (TPSA) is 88.5 Å². The second kappa shape index (κ2) is 6.68. The molecule has 5 rings (SSSR count). The van der Waals surface area contributed by atoms with Gasteiger partial charge >= 0.3 is 0 Å². The van der Waals surface area contributed by atoms with E-state index in [-0.39, 0.29) is 17.8 Å². The standard InChI is InChI=1S/C20H23FN6O/c21-13-7-8-16-15(11-13)14-5-4-6-17(18(14)23-16)24-19(28)20(9-2-1-3-10-20)27-12-22-25-26-27/h7-8,11-12,17,23H,1-6,9-10H2,(H,24,28). The first-order valence-electron chi connectivity index (χ1n) is 10.0. The summed E-state index contributed by atoms with van der Waals surface area (Å²) in [4.78, 5) is 16.9. The smallest absolute Gasteiger partial charge is 0.248 e. The molecule has 146 valence electrons. The molecule has 1 saturated carbocycles. The van der Waals surface area contributed by atoms with E-state index in [2.05, 4.69) is 25.8 Å². The Hall–Kier alpha value is -2.77. The van der Waals surface area contributed by atoms with Gasteiger partial charge in [0.25, 0.3) is 0 Å². The second-order valence-corrected chi connectivity index (χ2v) is 7.97. The number of H-pyrrole nitrogens is 1. The zero-order valence-corrected chi connectivity index (χ0v) is 15.6. The Morgan fingerprint density at radius 3 is 2.89 bits per heavy atom. The average Bonchev–Trinajstić information content (AvgIpc) is 3.37. The van der Waals surface area contributed by atoms with Gasteiger partial charge in [0.2, 0.25) is 5.91 Å². The molecule has 0 aliphatic heterocycles. The number of tetrazole rings is 1. The minimum absolute atomic E-state index is 0.0258. The number of carbonyl (C=O) groups excluding carboxylic acids is 1. The maximum absolute atomic E-state index is 13.7. The third-order valence-electron chi connectivity index (χ3n) is 6.37. The molecule has 2 heterocycles. The summed E-state index contributed by atoms with van der Waals surface area (Å²) in [5.41, 5.74) is 2.31. The van der Waals surface area contributed by atoms with Gasteiger partial charge in [-0.25, -0.2) is 9.07 Å². The van der Waals surface area contributed by atoms with Crippen molar-refractivity contribution >= 4 is 16.8 Å². The second-order valence-electron chi connectivity index (χ2n) is 7.97. The van der Waals surface area contributed by atoms with Crippen molar-refractivity contribution in [1.82, 2.24) is 30.5 Å². The Balaban J connectivity index is 1.48. The summed E-state index contributed by atoms with van der Waals surface area (Å²) in [6.07, 6.45) is 8.82. The van der Waals surface area contributed by atoms with Gasteiger partial charge < -0.3 is 10.3 Å². The maximum Gasteiger partial charge on any atom is 0.248 e. The largest absolute Gasteiger partial charge is 0.356 e. The first-order valence-corrected chi connectivity index (χ1v) is 10.0. The van der Waals surface area contributed by atoms with Crippen LogP contribution in [0.3, 0.4) is 0 Å². The molecule has 0 radical (unpaired) electrons. The molecule has 2 aliphatic rings. The van der Waals surface area contributed by atoms with Crippen molar-refractivity contribution in [3.63, 3.8) is 0 Å². The molecule has 2 aromatic heterocycles. The summed E-state index contributed by atoms with van der Waals surface area (Å²) in [6.45, 7) is 0. The number of aromatic nitrogens is 5. The highest BCUT2D eigenvalue weighted by atomic mass is 19.1. The number of fused-ring (bicyclic) bond motifs is 3. The van der Waals surface area contributed by atoms with E-state index in [1.165, 1.54) is 6.07 Å². The molecule has 7 nitrogen and oxygen atoms in total. The van der Waals surface area contributed by atoms with Crippen LogP contribution in [0.2, 0.25) is 0 Å². The van der Waals surface area contributed by atoms with Crippen LogP contribution >= 0.6 is 0 Å². The van der Waals surface area contributed by atoms with Crippen LogP contribution in [-0.2, 0) is 16.8 Å². The number of aryl methyl sites for hydroxylation is 1. The normalized spacial score (nSPS) is 21.4. The number of nitrogens with zero attached hydrogens (tertiary/aromatic N) is 4. The van der Waals surface area contributed by atoms with Gasteiger partial charge in [0, 0.05) is 16.6 Å². The van der Waals surface area contributed by atoms with Crippen molar-refractivity contribution in [2.75, 3.05) is 0 Å². The third kappa shape index (κ3) is 2.70. The lowest BCUT2D eigenvalue weighted by molar-refractivity contribution is -0.133. The Morgan fingerprint density at radius 1 is 1.25 bits per heavy atom. The van der Waals surface area contributed by atoms with Gasteiger partial charge in [-0.1, -0.05) is 19.3 Å². The van der Waals surface area contributed by atoms with E-state index in [0.29, 0.717) is 0 Å². The van der Waals surface area contributed by atoms with Crippen molar-refractivity contribution in [2.45, 2.75) is 62.9 Å². The molecule has 0 saturated heterocycles. The highest BCUT2D eigenvalue weighted by Crippen LogP contribution is 2.38. The molecule has 1 aromatic carbocycles. The summed E-state index contributed by atoms with van der Waals surface area (Å²) < 4.78 is 15.4. The molecule has 1 amide bonds. The van der Waals surface area contributed by atoms with Crippen LogP contribution in [0.25, 0.3) is 10.9 Å². The number of rotatable bonds is 3. The molecule has 8 heteroatoms. The van der Waals surface area contributed by atoms with Crippen LogP contribution < -0.4 is 5.32 Å². The molecular weight excluding hydrogens is 359 g/mol. The van der Waals surface area contributed by atoms with E-state index in [4.69, 9.17) is 0 Å². The first kappa shape index (κ1) is 17.3. The number of benzene rings is 1. The van der Waals surface area contributed by atoms with E-state index < -0.39 is 5.54 Å². The fourth-order valence-corrected chi connectivity index (χ4v) is 4.93. The van der Waals surface area contributed by atoms with Crippen LogP contribution in [0.5, 0.6) is 0 Å². The molecule has 1 fully saturated rings. The van der Waals surface area contributed by atoms with Crippen molar-refractivity contribution in [3.8, 4) is 0 Å². The van der Waals surface area contributed by atoms with Crippen molar-refractivity contribution < 1.29 is 9.18 Å². The molecular formula is C20H23FN6O. The minimum atomic E-state index is -0.725. The summed E-state index contributed by atoms with van der Waals surface area (Å²) >= 11 is 0. The van der Waals surface area contributed by atoms with Crippen LogP contribution in [0, 0.1) is 5.82 Å². The summed E-state index contributed by atoms with van der Waals surface area (Å²) in [5, 5.41) is 15.8. The Kier molecular flexibility index (Phi) is 4.14. The Labute approximate surface area is 161 Å². The fourth-order valence-electron chi connectivity index (χ4n) is 4.93. The number of nitrogens with one attached hydrogen (secondary N) is 2. The molecule has 2 aliphatic carbocycles. The van der Waals surface area contributed by atoms with E-state index in [9.17, 15) is 9.18 Å². The number of hydrogen-bond donors (Lipinski definition) is 2. The first-order chi connectivity index (χ1) is 13.7. The Morgan fingerprint density at radius 2 is 2.11 bits per heavy atom. The summed E-state index contributed by atoms with van der Waals surface area (Å²) in [5.74, 6) is -0.262. The molecule has 2 N–H and O–H groups in total. The highest BCUT2D eigenvalue weighted by Gasteiger charge is 2.43. The monoisotopic (exact) mass is 382 g/mol. The molecule has 1 atom stereocenters. The van der Waals surface area contributed by atoms with Gasteiger partial charge in [-0.15, -0.1) is 5.10 Å². The lowest BCUT2D eigenvalue weighted by atomic mass is 9.80. The number of aromatic amines is 1. The van der Waals surface area contributed by atoms with Gasteiger partial charge in [0.05, 0.1) is 6.04 Å². The maximum atomic E-state index is 13.7. The zero-order valence-electron chi connectivity index (χ0n) is 15.6. The van der Waals surface area contributed by atoms with E-state index >= 15 is 0 Å². The molecule has 0 spiro atoms.